The number of nitrogens with zero attached hydrogens (tertiary/aromatic N) is 2. The highest BCUT2D eigenvalue weighted by atomic mass is 19.1. The highest BCUT2D eigenvalue weighted by Crippen LogP contribution is 2.31. The van der Waals surface area contributed by atoms with E-state index in [0.29, 0.717) is 28.1 Å². The van der Waals surface area contributed by atoms with Crippen LogP contribution in [0.5, 0.6) is 5.75 Å². The molecule has 1 N–H and O–H groups in total. The van der Waals surface area contributed by atoms with Gasteiger partial charge in [-0.2, -0.15) is 5.10 Å². The van der Waals surface area contributed by atoms with Crippen molar-refractivity contribution in [2.24, 2.45) is 0 Å². The quantitative estimate of drug-likeness (QED) is 0.513. The minimum Gasteiger partial charge on any atom is -0.496 e. The van der Waals surface area contributed by atoms with Gasteiger partial charge >= 0.3 is 0 Å². The fourth-order valence-electron chi connectivity index (χ4n) is 3.22. The van der Waals surface area contributed by atoms with Crippen LogP contribution < -0.4 is 10.1 Å². The third-order valence-electron chi connectivity index (χ3n) is 4.68. The topological polar surface area (TPSA) is 56.2 Å². The Bertz CT molecular complexity index is 1170. The molecule has 4 aromatic rings. The van der Waals surface area contributed by atoms with Gasteiger partial charge in [0.15, 0.2) is 0 Å². The highest BCUT2D eigenvalue weighted by molar-refractivity contribution is 6.00. The summed E-state index contributed by atoms with van der Waals surface area (Å²) in [7, 11) is 1.58. The van der Waals surface area contributed by atoms with Crippen molar-refractivity contribution >= 4 is 5.91 Å². The zero-order valence-electron chi connectivity index (χ0n) is 16.4. The Morgan fingerprint density at radius 2 is 1.80 bits per heavy atom. The summed E-state index contributed by atoms with van der Waals surface area (Å²) in [4.78, 5) is 13.0. The Hall–Kier alpha value is -3.93. The number of hydrogen-bond acceptors (Lipinski definition) is 3. The van der Waals surface area contributed by atoms with Crippen molar-refractivity contribution in [2.45, 2.75) is 6.54 Å². The van der Waals surface area contributed by atoms with Crippen molar-refractivity contribution in [3.05, 3.63) is 102 Å². The molecule has 0 unspecified atom stereocenters. The van der Waals surface area contributed by atoms with Crippen LogP contribution in [0, 0.1) is 5.82 Å². The number of aromatic nitrogens is 2. The van der Waals surface area contributed by atoms with Crippen LogP contribution in [0.25, 0.3) is 16.9 Å². The summed E-state index contributed by atoms with van der Waals surface area (Å²) in [5, 5.41) is 7.52. The summed E-state index contributed by atoms with van der Waals surface area (Å²) in [5.41, 5.74) is 3.13. The van der Waals surface area contributed by atoms with Gasteiger partial charge in [-0.1, -0.05) is 42.5 Å². The molecule has 0 fully saturated rings. The molecule has 3 aromatic carbocycles. The van der Waals surface area contributed by atoms with Gasteiger partial charge in [0.1, 0.15) is 17.3 Å². The van der Waals surface area contributed by atoms with Crippen LogP contribution in [-0.4, -0.2) is 22.8 Å². The number of hydrogen-bond donors (Lipinski definition) is 1. The van der Waals surface area contributed by atoms with E-state index in [1.165, 1.54) is 12.1 Å². The minimum atomic E-state index is -0.339. The number of nitrogens with one attached hydrogen (secondary N) is 1. The second-order valence-corrected chi connectivity index (χ2v) is 6.68. The van der Waals surface area contributed by atoms with Crippen molar-refractivity contribution in [1.82, 2.24) is 15.1 Å². The third kappa shape index (κ3) is 4.07. The molecule has 0 aliphatic heterocycles. The number of amides is 1. The maximum Gasteiger partial charge on any atom is 0.255 e. The van der Waals surface area contributed by atoms with Crippen LogP contribution in [0.3, 0.4) is 0 Å². The van der Waals surface area contributed by atoms with E-state index in [2.05, 4.69) is 10.4 Å². The standard InChI is InChI=1S/C24H20FN3O2/c1-30-22-13-6-5-12-20(22)23-21(16-28(27-23)19-10-3-2-4-11-19)24(29)26-15-17-8-7-9-18(25)14-17/h2-14,16H,15H2,1H3,(H,26,29). The van der Waals surface area contributed by atoms with Crippen molar-refractivity contribution in [2.75, 3.05) is 7.11 Å². The first-order valence-electron chi connectivity index (χ1n) is 9.47. The van der Waals surface area contributed by atoms with E-state index in [1.54, 1.807) is 30.1 Å². The van der Waals surface area contributed by atoms with Gasteiger partial charge in [-0.05, 0) is 42.0 Å². The van der Waals surface area contributed by atoms with Crippen LogP contribution in [0.15, 0.2) is 85.1 Å². The fraction of sp³-hybridized carbons (Fsp3) is 0.0833. The summed E-state index contributed by atoms with van der Waals surface area (Å²) < 4.78 is 20.6. The van der Waals surface area contributed by atoms with E-state index in [1.807, 2.05) is 54.6 Å². The van der Waals surface area contributed by atoms with E-state index in [4.69, 9.17) is 4.74 Å². The molecule has 30 heavy (non-hydrogen) atoms. The van der Waals surface area contributed by atoms with Gasteiger partial charge < -0.3 is 10.1 Å². The van der Waals surface area contributed by atoms with Crippen LogP contribution in [0.1, 0.15) is 15.9 Å². The molecule has 1 amide bonds. The number of methoxy groups -OCH3 is 1. The summed E-state index contributed by atoms with van der Waals surface area (Å²) in [6.07, 6.45) is 1.69. The van der Waals surface area contributed by atoms with Crippen LogP contribution in [-0.2, 0) is 6.54 Å². The predicted molar refractivity (Wildman–Crippen MR) is 113 cm³/mol. The van der Waals surface area contributed by atoms with E-state index in [0.717, 1.165) is 5.69 Å². The van der Waals surface area contributed by atoms with Gasteiger partial charge in [-0.25, -0.2) is 9.07 Å². The average molecular weight is 401 g/mol. The molecule has 1 heterocycles. The third-order valence-corrected chi connectivity index (χ3v) is 4.68. The van der Waals surface area contributed by atoms with E-state index in [9.17, 15) is 9.18 Å². The molecule has 4 rings (SSSR count). The SMILES string of the molecule is COc1ccccc1-c1nn(-c2ccccc2)cc1C(=O)NCc1cccc(F)c1. The molecule has 1 aromatic heterocycles. The number of carbonyl (C=O) groups is 1. The van der Waals surface area contributed by atoms with E-state index in [-0.39, 0.29) is 18.3 Å². The molecule has 0 radical (unpaired) electrons. The van der Waals surface area contributed by atoms with Crippen molar-refractivity contribution < 1.29 is 13.9 Å². The van der Waals surface area contributed by atoms with Gasteiger partial charge in [0, 0.05) is 18.3 Å². The lowest BCUT2D eigenvalue weighted by atomic mass is 10.1. The molecule has 5 nitrogen and oxygen atoms in total. The average Bonchev–Trinajstić information content (AvgIpc) is 3.23. The number of benzene rings is 3. The lowest BCUT2D eigenvalue weighted by Gasteiger charge is -2.08. The van der Waals surface area contributed by atoms with Crippen molar-refractivity contribution in [3.63, 3.8) is 0 Å². The predicted octanol–water partition coefficient (Wildman–Crippen LogP) is 4.62. The van der Waals surface area contributed by atoms with Crippen LogP contribution >= 0.6 is 0 Å². The number of para-hydroxylation sites is 2. The molecule has 0 spiro atoms. The maximum absolute atomic E-state index is 13.4. The van der Waals surface area contributed by atoms with E-state index >= 15 is 0 Å². The molecule has 150 valence electrons. The van der Waals surface area contributed by atoms with Crippen molar-refractivity contribution in [1.29, 1.82) is 0 Å². The van der Waals surface area contributed by atoms with Crippen molar-refractivity contribution in [3.8, 4) is 22.7 Å². The summed E-state index contributed by atoms with van der Waals surface area (Å²) >= 11 is 0. The second kappa shape index (κ2) is 8.61. The van der Waals surface area contributed by atoms with Gasteiger partial charge in [-0.3, -0.25) is 4.79 Å². The first-order chi connectivity index (χ1) is 14.7. The highest BCUT2D eigenvalue weighted by Gasteiger charge is 2.21. The van der Waals surface area contributed by atoms with Gasteiger partial charge in [0.25, 0.3) is 5.91 Å². The number of rotatable bonds is 6. The van der Waals surface area contributed by atoms with Gasteiger partial charge in [0.05, 0.1) is 18.4 Å². The Morgan fingerprint density at radius 1 is 1.03 bits per heavy atom. The molecule has 0 aliphatic carbocycles. The normalized spacial score (nSPS) is 10.6. The minimum absolute atomic E-state index is 0.207. The van der Waals surface area contributed by atoms with Gasteiger partial charge in [-0.15, -0.1) is 0 Å². The molecule has 0 aliphatic rings. The summed E-state index contributed by atoms with van der Waals surface area (Å²) in [5.74, 6) is -0.0225. The Balaban J connectivity index is 1.71. The molecular weight excluding hydrogens is 381 g/mol. The Morgan fingerprint density at radius 3 is 2.57 bits per heavy atom. The zero-order valence-corrected chi connectivity index (χ0v) is 16.4. The fourth-order valence-corrected chi connectivity index (χ4v) is 3.22. The summed E-state index contributed by atoms with van der Waals surface area (Å²) in [6, 6.07) is 23.1. The monoisotopic (exact) mass is 401 g/mol. The Kier molecular flexibility index (Phi) is 5.57. The number of carbonyl (C=O) groups excluding carboxylic acids is 1. The van der Waals surface area contributed by atoms with Crippen LogP contribution in [0.4, 0.5) is 4.39 Å². The largest absolute Gasteiger partial charge is 0.496 e. The molecule has 0 bridgehead atoms. The number of halogens is 1. The maximum atomic E-state index is 13.4. The molecule has 0 saturated heterocycles. The molecular formula is C24H20FN3O2. The lowest BCUT2D eigenvalue weighted by Crippen LogP contribution is -2.23. The zero-order chi connectivity index (χ0) is 20.9. The second-order valence-electron chi connectivity index (χ2n) is 6.68. The first-order valence-corrected chi connectivity index (χ1v) is 9.47. The number of ether oxygens (including phenoxy) is 1. The smallest absolute Gasteiger partial charge is 0.255 e. The van der Waals surface area contributed by atoms with Crippen LogP contribution in [0.2, 0.25) is 0 Å². The van der Waals surface area contributed by atoms with Gasteiger partial charge in [0.2, 0.25) is 0 Å². The molecule has 0 saturated carbocycles. The first kappa shape index (κ1) is 19.4. The van der Waals surface area contributed by atoms with E-state index < -0.39 is 0 Å². The summed E-state index contributed by atoms with van der Waals surface area (Å²) in [6.45, 7) is 0.207. The molecule has 0 atom stereocenters. The Labute approximate surface area is 173 Å². The molecule has 6 heteroatoms. The lowest BCUT2D eigenvalue weighted by molar-refractivity contribution is 0.0951.